The number of benzene rings is 1. The quantitative estimate of drug-likeness (QED) is 0.817. The number of nitrogens with one attached hydrogen (secondary N) is 2. The summed E-state index contributed by atoms with van der Waals surface area (Å²) in [6, 6.07) is 4.96. The molecule has 0 aliphatic carbocycles. The smallest absolute Gasteiger partial charge is 0.316 e. The van der Waals surface area contributed by atoms with Crippen LogP contribution >= 0.6 is 0 Å². The second kappa shape index (κ2) is 5.75. The first-order valence-electron chi connectivity index (χ1n) is 5.63. The monoisotopic (exact) mass is 325 g/mol. The molecule has 0 fully saturated rings. The molecule has 1 rings (SSSR count). The SMILES string of the molecule is CC(NC(=O)Nc1cccc(C#N)c1)(C(F)(F)F)C(F)(F)F. The molecule has 0 radical (unpaired) electrons. The Bertz CT molecular complexity index is 588. The zero-order valence-corrected chi connectivity index (χ0v) is 10.9. The van der Waals surface area contributed by atoms with Gasteiger partial charge >= 0.3 is 18.4 Å². The third kappa shape index (κ3) is 3.60. The van der Waals surface area contributed by atoms with Gasteiger partial charge in [0.05, 0.1) is 11.6 Å². The highest BCUT2D eigenvalue weighted by molar-refractivity contribution is 5.90. The third-order valence-corrected chi connectivity index (χ3v) is 2.75. The van der Waals surface area contributed by atoms with Crippen molar-refractivity contribution in [3.8, 4) is 6.07 Å². The molecule has 2 amide bonds. The molecule has 0 aromatic heterocycles. The summed E-state index contributed by atoms with van der Waals surface area (Å²) in [5, 5.41) is 11.3. The number of rotatable bonds is 2. The van der Waals surface area contributed by atoms with Gasteiger partial charge in [0.2, 0.25) is 5.54 Å². The van der Waals surface area contributed by atoms with E-state index in [2.05, 4.69) is 0 Å². The maximum absolute atomic E-state index is 12.6. The molecule has 4 nitrogen and oxygen atoms in total. The zero-order valence-electron chi connectivity index (χ0n) is 10.9. The minimum absolute atomic E-state index is 0.0761. The van der Waals surface area contributed by atoms with Gasteiger partial charge in [-0.3, -0.25) is 0 Å². The van der Waals surface area contributed by atoms with Gasteiger partial charge in [-0.15, -0.1) is 0 Å². The molecule has 0 bridgehead atoms. The molecular formula is C12H9F6N3O. The van der Waals surface area contributed by atoms with E-state index in [9.17, 15) is 31.1 Å². The van der Waals surface area contributed by atoms with Crippen molar-refractivity contribution in [2.45, 2.75) is 24.8 Å². The molecule has 0 saturated heterocycles. The molecule has 120 valence electrons. The van der Waals surface area contributed by atoms with Crippen LogP contribution in [0.15, 0.2) is 24.3 Å². The summed E-state index contributed by atoms with van der Waals surface area (Å²) in [4.78, 5) is 11.4. The zero-order chi connectivity index (χ0) is 17.2. The number of carbonyl (C=O) groups excluding carboxylic acids is 1. The lowest BCUT2D eigenvalue weighted by atomic mass is 10.0. The van der Waals surface area contributed by atoms with Gasteiger partial charge in [0, 0.05) is 5.69 Å². The van der Waals surface area contributed by atoms with Gasteiger partial charge in [-0.2, -0.15) is 31.6 Å². The van der Waals surface area contributed by atoms with E-state index in [0.717, 1.165) is 11.4 Å². The number of hydrogen-bond donors (Lipinski definition) is 2. The van der Waals surface area contributed by atoms with E-state index in [1.54, 1.807) is 6.07 Å². The Morgan fingerprint density at radius 3 is 2.14 bits per heavy atom. The Hall–Kier alpha value is -2.44. The lowest BCUT2D eigenvalue weighted by molar-refractivity contribution is -0.297. The summed E-state index contributed by atoms with van der Waals surface area (Å²) >= 11 is 0. The summed E-state index contributed by atoms with van der Waals surface area (Å²) in [5.74, 6) is 0. The number of amides is 2. The van der Waals surface area contributed by atoms with Crippen LogP contribution in [0.25, 0.3) is 0 Å². The first-order chi connectivity index (χ1) is 9.90. The number of urea groups is 1. The van der Waals surface area contributed by atoms with Gasteiger partial charge in [-0.25, -0.2) is 4.79 Å². The predicted molar refractivity (Wildman–Crippen MR) is 63.8 cm³/mol. The third-order valence-electron chi connectivity index (χ3n) is 2.75. The maximum atomic E-state index is 12.6. The highest BCUT2D eigenvalue weighted by Gasteiger charge is 2.68. The van der Waals surface area contributed by atoms with Gasteiger partial charge in [-0.05, 0) is 25.1 Å². The van der Waals surface area contributed by atoms with E-state index in [1.165, 1.54) is 18.2 Å². The van der Waals surface area contributed by atoms with Gasteiger partial charge in [0.1, 0.15) is 0 Å². The standard InChI is InChI=1S/C12H9F6N3O/c1-10(11(13,14)15,12(16,17)18)21-9(22)20-8-4-2-3-7(5-8)6-19/h2-5H,1H3,(H2,20,21,22). The summed E-state index contributed by atoms with van der Waals surface area (Å²) in [7, 11) is 0. The van der Waals surface area contributed by atoms with Crippen LogP contribution in [0.4, 0.5) is 36.8 Å². The first kappa shape index (κ1) is 17.6. The number of anilines is 1. The van der Waals surface area contributed by atoms with Crippen LogP contribution in [0.2, 0.25) is 0 Å². The molecular weight excluding hydrogens is 316 g/mol. The summed E-state index contributed by atoms with van der Waals surface area (Å²) < 4.78 is 75.7. The summed E-state index contributed by atoms with van der Waals surface area (Å²) in [5.41, 5.74) is -4.45. The number of nitrogens with zero attached hydrogens (tertiary/aromatic N) is 1. The number of halogens is 6. The van der Waals surface area contributed by atoms with Crippen molar-refractivity contribution < 1.29 is 31.1 Å². The Morgan fingerprint density at radius 2 is 1.68 bits per heavy atom. The topological polar surface area (TPSA) is 64.9 Å². The van der Waals surface area contributed by atoms with Crippen LogP contribution in [0, 0.1) is 11.3 Å². The minimum atomic E-state index is -5.74. The predicted octanol–water partition coefficient (Wildman–Crippen LogP) is 3.56. The normalized spacial score (nSPS) is 12.5. The first-order valence-corrected chi connectivity index (χ1v) is 5.63. The van der Waals surface area contributed by atoms with E-state index in [4.69, 9.17) is 5.26 Å². The van der Waals surface area contributed by atoms with Crippen molar-refractivity contribution in [2.24, 2.45) is 0 Å². The molecule has 10 heteroatoms. The summed E-state index contributed by atoms with van der Waals surface area (Å²) in [6.45, 7) is -0.182. The lowest BCUT2D eigenvalue weighted by Crippen LogP contribution is -2.66. The average Bonchev–Trinajstić information content (AvgIpc) is 2.36. The van der Waals surface area contributed by atoms with Crippen molar-refractivity contribution in [3.63, 3.8) is 0 Å². The summed E-state index contributed by atoms with van der Waals surface area (Å²) in [6.07, 6.45) is -11.5. The molecule has 0 aliphatic heterocycles. The molecule has 2 N–H and O–H groups in total. The molecule has 0 unspecified atom stereocenters. The van der Waals surface area contributed by atoms with Crippen molar-refractivity contribution in [2.75, 3.05) is 5.32 Å². The van der Waals surface area contributed by atoms with Crippen LogP contribution in [0.3, 0.4) is 0 Å². The van der Waals surface area contributed by atoms with E-state index >= 15 is 0 Å². The van der Waals surface area contributed by atoms with Crippen molar-refractivity contribution >= 4 is 11.7 Å². The molecule has 0 heterocycles. The molecule has 0 spiro atoms. The number of hydrogen-bond acceptors (Lipinski definition) is 2. The fourth-order valence-electron chi connectivity index (χ4n) is 1.36. The van der Waals surface area contributed by atoms with E-state index < -0.39 is 23.9 Å². The highest BCUT2D eigenvalue weighted by atomic mass is 19.4. The molecule has 0 saturated carbocycles. The molecule has 1 aromatic carbocycles. The van der Waals surface area contributed by atoms with E-state index in [1.807, 2.05) is 5.32 Å². The second-order valence-electron chi connectivity index (χ2n) is 4.39. The van der Waals surface area contributed by atoms with E-state index in [0.29, 0.717) is 0 Å². The van der Waals surface area contributed by atoms with Crippen molar-refractivity contribution in [3.05, 3.63) is 29.8 Å². The van der Waals surface area contributed by atoms with Crippen LogP contribution in [-0.2, 0) is 0 Å². The molecule has 22 heavy (non-hydrogen) atoms. The van der Waals surface area contributed by atoms with Gasteiger partial charge in [0.25, 0.3) is 0 Å². The number of nitriles is 1. The van der Waals surface area contributed by atoms with Gasteiger partial charge < -0.3 is 10.6 Å². The van der Waals surface area contributed by atoms with Gasteiger partial charge in [0.15, 0.2) is 0 Å². The highest BCUT2D eigenvalue weighted by Crippen LogP contribution is 2.42. The van der Waals surface area contributed by atoms with Crippen molar-refractivity contribution in [1.82, 2.24) is 5.32 Å². The molecule has 0 aliphatic rings. The fraction of sp³-hybridized carbons (Fsp3) is 0.333. The molecule has 1 aromatic rings. The van der Waals surface area contributed by atoms with Crippen LogP contribution in [0.1, 0.15) is 12.5 Å². The lowest BCUT2D eigenvalue weighted by Gasteiger charge is -2.34. The van der Waals surface area contributed by atoms with Crippen LogP contribution in [-0.4, -0.2) is 23.9 Å². The molecule has 0 atom stereocenters. The van der Waals surface area contributed by atoms with E-state index in [-0.39, 0.29) is 18.2 Å². The van der Waals surface area contributed by atoms with Crippen LogP contribution < -0.4 is 10.6 Å². The van der Waals surface area contributed by atoms with Crippen molar-refractivity contribution in [1.29, 1.82) is 5.26 Å². The Balaban J connectivity index is 2.96. The Kier molecular flexibility index (Phi) is 4.60. The largest absolute Gasteiger partial charge is 0.420 e. The maximum Gasteiger partial charge on any atom is 0.420 e. The average molecular weight is 325 g/mol. The van der Waals surface area contributed by atoms with Crippen LogP contribution in [0.5, 0.6) is 0 Å². The minimum Gasteiger partial charge on any atom is -0.316 e. The van der Waals surface area contributed by atoms with Gasteiger partial charge in [-0.1, -0.05) is 6.07 Å². The number of alkyl halides is 6. The fourth-order valence-corrected chi connectivity index (χ4v) is 1.36. The second-order valence-corrected chi connectivity index (χ2v) is 4.39. The Morgan fingerprint density at radius 1 is 1.14 bits per heavy atom. The Labute approximate surface area is 120 Å². The number of carbonyl (C=O) groups is 1.